The van der Waals surface area contributed by atoms with Gasteiger partial charge in [-0.05, 0) is 24.6 Å². The second kappa shape index (κ2) is 6.13. The van der Waals surface area contributed by atoms with Gasteiger partial charge in [-0.3, -0.25) is 10.1 Å². The molecule has 2 saturated heterocycles. The summed E-state index contributed by atoms with van der Waals surface area (Å²) >= 11 is 1.40. The van der Waals surface area contributed by atoms with Crippen LogP contribution in [0.5, 0.6) is 0 Å². The van der Waals surface area contributed by atoms with E-state index in [-0.39, 0.29) is 28.2 Å². The summed E-state index contributed by atoms with van der Waals surface area (Å²) in [5.41, 5.74) is 0.179. The summed E-state index contributed by atoms with van der Waals surface area (Å²) in [4.78, 5) is 12.7. The molecule has 2 fully saturated rings. The number of nitro groups is 1. The molecular weight excluding hydrogens is 326 g/mol. The van der Waals surface area contributed by atoms with Crippen LogP contribution < -0.4 is 10.2 Å². The molecule has 0 saturated carbocycles. The zero-order valence-corrected chi connectivity index (χ0v) is 13.7. The second-order valence-electron chi connectivity index (χ2n) is 5.90. The number of piperidine rings is 1. The van der Waals surface area contributed by atoms with Crippen LogP contribution in [-0.2, 0) is 9.84 Å². The van der Waals surface area contributed by atoms with Gasteiger partial charge >= 0.3 is 5.69 Å². The van der Waals surface area contributed by atoms with Crippen LogP contribution in [0, 0.1) is 10.1 Å². The van der Waals surface area contributed by atoms with Crippen LogP contribution in [0.1, 0.15) is 19.3 Å². The summed E-state index contributed by atoms with van der Waals surface area (Å²) < 4.78 is 23.0. The monoisotopic (exact) mass is 345 g/mol. The lowest BCUT2D eigenvalue weighted by Gasteiger charge is -2.33. The first-order chi connectivity index (χ1) is 10.4. The maximum Gasteiger partial charge on any atom is 0.303 e. The van der Waals surface area contributed by atoms with Crippen molar-refractivity contribution >= 4 is 31.9 Å². The van der Waals surface area contributed by atoms with Gasteiger partial charge in [-0.2, -0.15) is 0 Å². The van der Waals surface area contributed by atoms with E-state index in [0.29, 0.717) is 12.5 Å². The molecule has 3 heterocycles. The zero-order valence-electron chi connectivity index (χ0n) is 12.1. The van der Waals surface area contributed by atoms with Gasteiger partial charge in [0.2, 0.25) is 0 Å². The molecule has 3 rings (SSSR count). The number of sulfone groups is 1. The molecule has 0 aromatic carbocycles. The Morgan fingerprint density at radius 3 is 2.59 bits per heavy atom. The van der Waals surface area contributed by atoms with Gasteiger partial charge in [-0.1, -0.05) is 0 Å². The van der Waals surface area contributed by atoms with Gasteiger partial charge in [0, 0.05) is 31.2 Å². The van der Waals surface area contributed by atoms with Crippen LogP contribution in [0.4, 0.5) is 10.7 Å². The first-order valence-corrected chi connectivity index (χ1v) is 10.1. The summed E-state index contributed by atoms with van der Waals surface area (Å²) in [6.07, 6.45) is 2.45. The average molecular weight is 345 g/mol. The van der Waals surface area contributed by atoms with Crippen LogP contribution in [0.15, 0.2) is 11.4 Å². The van der Waals surface area contributed by atoms with Crippen LogP contribution >= 0.6 is 11.3 Å². The number of anilines is 1. The number of nitrogens with zero attached hydrogens (tertiary/aromatic N) is 2. The van der Waals surface area contributed by atoms with E-state index in [0.717, 1.165) is 30.9 Å². The molecule has 0 amide bonds. The molecule has 7 nitrogen and oxygen atoms in total. The van der Waals surface area contributed by atoms with Crippen LogP contribution in [0.25, 0.3) is 0 Å². The van der Waals surface area contributed by atoms with E-state index in [9.17, 15) is 18.5 Å². The normalized spacial score (nSPS) is 25.5. The fourth-order valence-corrected chi connectivity index (χ4v) is 5.79. The minimum absolute atomic E-state index is 0.0672. The molecule has 1 atom stereocenters. The topological polar surface area (TPSA) is 92.6 Å². The fourth-order valence-electron chi connectivity index (χ4n) is 3.18. The Hall–Kier alpha value is -1.19. The lowest BCUT2D eigenvalue weighted by Crippen LogP contribution is -2.46. The van der Waals surface area contributed by atoms with E-state index in [4.69, 9.17) is 0 Å². The summed E-state index contributed by atoms with van der Waals surface area (Å²) in [7, 11) is -2.85. The van der Waals surface area contributed by atoms with Crippen LogP contribution in [0.3, 0.4) is 0 Å². The van der Waals surface area contributed by atoms with Gasteiger partial charge in [-0.15, -0.1) is 11.3 Å². The lowest BCUT2D eigenvalue weighted by atomic mass is 10.0. The highest BCUT2D eigenvalue weighted by Crippen LogP contribution is 2.35. The van der Waals surface area contributed by atoms with E-state index >= 15 is 0 Å². The number of thiophene rings is 1. The molecule has 1 N–H and O–H groups in total. The van der Waals surface area contributed by atoms with Crippen molar-refractivity contribution < 1.29 is 13.3 Å². The summed E-state index contributed by atoms with van der Waals surface area (Å²) in [5, 5.41) is 16.9. The molecule has 0 spiro atoms. The summed E-state index contributed by atoms with van der Waals surface area (Å²) in [5.74, 6) is 0.522. The van der Waals surface area contributed by atoms with E-state index in [2.05, 4.69) is 10.2 Å². The van der Waals surface area contributed by atoms with Crippen molar-refractivity contribution in [2.75, 3.05) is 29.5 Å². The molecule has 122 valence electrons. The number of nitrogens with one attached hydrogen (secondary N) is 1. The van der Waals surface area contributed by atoms with Crippen molar-refractivity contribution in [2.24, 2.45) is 0 Å². The molecule has 1 aromatic heterocycles. The van der Waals surface area contributed by atoms with Crippen molar-refractivity contribution in [2.45, 2.75) is 31.3 Å². The maximum absolute atomic E-state index is 11.5. The molecule has 0 bridgehead atoms. The summed E-state index contributed by atoms with van der Waals surface area (Å²) in [6.45, 7) is 1.52. The maximum atomic E-state index is 11.5. The third-order valence-electron chi connectivity index (χ3n) is 4.31. The van der Waals surface area contributed by atoms with Gasteiger partial charge in [-0.25, -0.2) is 8.42 Å². The largest absolute Gasteiger partial charge is 0.358 e. The fraction of sp³-hybridized carbons (Fsp3) is 0.692. The standard InChI is InChI=1S/C13H19N3O4S2/c17-16(18)12-3-7-21-13(12)15-5-1-10(2-6-15)14-11-4-8-22(19,20)9-11/h3,7,10-11,14H,1-2,4-6,8-9H2/t11-/m1/s1. The smallest absolute Gasteiger partial charge is 0.303 e. The Labute approximate surface area is 133 Å². The molecule has 2 aliphatic rings. The van der Waals surface area contributed by atoms with E-state index in [1.807, 2.05) is 0 Å². The first-order valence-electron chi connectivity index (χ1n) is 7.38. The Morgan fingerprint density at radius 2 is 2.00 bits per heavy atom. The molecule has 22 heavy (non-hydrogen) atoms. The van der Waals surface area contributed by atoms with Gasteiger partial charge < -0.3 is 10.2 Å². The SMILES string of the molecule is O=[N+]([O-])c1ccsc1N1CCC(N[C@@H]2CCS(=O)(=O)C2)CC1. The molecule has 1 aromatic rings. The van der Waals surface area contributed by atoms with Gasteiger partial charge in [0.05, 0.1) is 16.4 Å². The number of hydrogen-bond acceptors (Lipinski definition) is 7. The molecule has 9 heteroatoms. The van der Waals surface area contributed by atoms with E-state index in [1.165, 1.54) is 11.3 Å². The van der Waals surface area contributed by atoms with Crippen LogP contribution in [0.2, 0.25) is 0 Å². The predicted octanol–water partition coefficient (Wildman–Crippen LogP) is 1.40. The molecule has 0 unspecified atom stereocenters. The summed E-state index contributed by atoms with van der Waals surface area (Å²) in [6, 6.07) is 1.92. The van der Waals surface area contributed by atoms with E-state index < -0.39 is 9.84 Å². The first kappa shape index (κ1) is 15.7. The highest BCUT2D eigenvalue weighted by Gasteiger charge is 2.31. The highest BCUT2D eigenvalue weighted by molar-refractivity contribution is 7.91. The highest BCUT2D eigenvalue weighted by atomic mass is 32.2. The Kier molecular flexibility index (Phi) is 4.37. The number of hydrogen-bond donors (Lipinski definition) is 1. The molecule has 0 aliphatic carbocycles. The second-order valence-corrected chi connectivity index (χ2v) is 9.02. The third-order valence-corrected chi connectivity index (χ3v) is 7.04. The Balaban J connectivity index is 1.54. The van der Waals surface area contributed by atoms with Gasteiger partial charge in [0.1, 0.15) is 0 Å². The average Bonchev–Trinajstić information content (AvgIpc) is 3.06. The van der Waals surface area contributed by atoms with E-state index in [1.54, 1.807) is 11.4 Å². The van der Waals surface area contributed by atoms with Crippen molar-refractivity contribution in [3.8, 4) is 0 Å². The number of rotatable bonds is 4. The predicted molar refractivity (Wildman–Crippen MR) is 86.4 cm³/mol. The third kappa shape index (κ3) is 3.41. The van der Waals surface area contributed by atoms with Crippen molar-refractivity contribution in [3.05, 3.63) is 21.6 Å². The molecule has 0 radical (unpaired) electrons. The zero-order chi connectivity index (χ0) is 15.7. The minimum Gasteiger partial charge on any atom is -0.358 e. The Bertz CT molecular complexity index is 650. The van der Waals surface area contributed by atoms with Gasteiger partial charge in [0.15, 0.2) is 14.8 Å². The minimum atomic E-state index is -2.85. The Morgan fingerprint density at radius 1 is 1.27 bits per heavy atom. The lowest BCUT2D eigenvalue weighted by molar-refractivity contribution is -0.383. The quantitative estimate of drug-likeness (QED) is 0.655. The van der Waals surface area contributed by atoms with Crippen molar-refractivity contribution in [1.29, 1.82) is 0 Å². The van der Waals surface area contributed by atoms with Crippen molar-refractivity contribution in [3.63, 3.8) is 0 Å². The van der Waals surface area contributed by atoms with Gasteiger partial charge in [0.25, 0.3) is 0 Å². The molecular formula is C13H19N3O4S2. The van der Waals surface area contributed by atoms with Crippen molar-refractivity contribution in [1.82, 2.24) is 5.32 Å². The van der Waals surface area contributed by atoms with Crippen LogP contribution in [-0.4, -0.2) is 50.0 Å². The molecule has 2 aliphatic heterocycles.